The van der Waals surface area contributed by atoms with Crippen LogP contribution in [0, 0.1) is 0 Å². The van der Waals surface area contributed by atoms with Crippen molar-refractivity contribution in [2.75, 3.05) is 32.8 Å². The van der Waals surface area contributed by atoms with E-state index in [4.69, 9.17) is 16.3 Å². The first-order valence-corrected chi connectivity index (χ1v) is 9.51. The zero-order valence-corrected chi connectivity index (χ0v) is 15.7. The predicted octanol–water partition coefficient (Wildman–Crippen LogP) is 3.53. The molecule has 1 amide bonds. The fourth-order valence-corrected chi connectivity index (χ4v) is 3.29. The highest BCUT2D eigenvalue weighted by molar-refractivity contribution is 6.31. The zero-order chi connectivity index (χ0) is 18.2. The number of hydrogen-bond donors (Lipinski definition) is 1. The minimum atomic E-state index is -0.0259. The van der Waals surface area contributed by atoms with Crippen LogP contribution < -0.4 is 5.32 Å². The summed E-state index contributed by atoms with van der Waals surface area (Å²) in [6, 6.07) is 15.7. The van der Waals surface area contributed by atoms with Crippen LogP contribution in [0.2, 0.25) is 5.02 Å². The first kappa shape index (κ1) is 18.9. The molecule has 26 heavy (non-hydrogen) atoms. The molecule has 1 aliphatic rings. The van der Waals surface area contributed by atoms with E-state index in [0.29, 0.717) is 12.1 Å². The van der Waals surface area contributed by atoms with Crippen LogP contribution in [0.3, 0.4) is 0 Å². The molecule has 1 heterocycles. The lowest BCUT2D eigenvalue weighted by molar-refractivity contribution is 0.0342. The van der Waals surface area contributed by atoms with Gasteiger partial charge in [0.2, 0.25) is 0 Å². The Morgan fingerprint density at radius 2 is 1.81 bits per heavy atom. The molecule has 0 atom stereocenters. The van der Waals surface area contributed by atoms with Crippen molar-refractivity contribution in [1.29, 1.82) is 0 Å². The Morgan fingerprint density at radius 1 is 1.08 bits per heavy atom. The largest absolute Gasteiger partial charge is 0.379 e. The van der Waals surface area contributed by atoms with Gasteiger partial charge in [-0.05, 0) is 42.2 Å². The van der Waals surface area contributed by atoms with Crippen molar-refractivity contribution in [1.82, 2.24) is 10.2 Å². The molecule has 0 radical (unpaired) electrons. The van der Waals surface area contributed by atoms with Crippen molar-refractivity contribution in [3.05, 3.63) is 70.2 Å². The van der Waals surface area contributed by atoms with Gasteiger partial charge in [0, 0.05) is 36.8 Å². The summed E-state index contributed by atoms with van der Waals surface area (Å²) in [6.07, 6.45) is 1.73. The van der Waals surface area contributed by atoms with Gasteiger partial charge in [-0.2, -0.15) is 0 Å². The van der Waals surface area contributed by atoms with E-state index >= 15 is 0 Å². The summed E-state index contributed by atoms with van der Waals surface area (Å²) in [7, 11) is 0. The molecule has 0 saturated carbocycles. The van der Waals surface area contributed by atoms with E-state index in [-0.39, 0.29) is 5.91 Å². The highest BCUT2D eigenvalue weighted by Gasteiger charge is 2.11. The second-order valence-electron chi connectivity index (χ2n) is 6.54. The molecule has 0 bridgehead atoms. The minimum absolute atomic E-state index is 0.0259. The van der Waals surface area contributed by atoms with Gasteiger partial charge in [0.15, 0.2) is 0 Å². The van der Waals surface area contributed by atoms with E-state index in [9.17, 15) is 4.79 Å². The van der Waals surface area contributed by atoms with Crippen LogP contribution in [0.4, 0.5) is 0 Å². The number of carbonyl (C=O) groups is 1. The molecule has 5 heteroatoms. The molecule has 3 rings (SSSR count). The summed E-state index contributed by atoms with van der Waals surface area (Å²) in [5, 5.41) is 3.77. The normalized spacial score (nSPS) is 15.0. The van der Waals surface area contributed by atoms with Gasteiger partial charge in [-0.15, -0.1) is 0 Å². The molecule has 2 aromatic rings. The van der Waals surface area contributed by atoms with Gasteiger partial charge < -0.3 is 10.1 Å². The van der Waals surface area contributed by atoms with Crippen molar-refractivity contribution in [3.63, 3.8) is 0 Å². The first-order valence-electron chi connectivity index (χ1n) is 9.13. The summed E-state index contributed by atoms with van der Waals surface area (Å²) in [4.78, 5) is 14.6. The fraction of sp³-hybridized carbons (Fsp3) is 0.381. The Hall–Kier alpha value is -1.88. The molecule has 0 spiro atoms. The number of nitrogens with zero attached hydrogens (tertiary/aromatic N) is 1. The molecule has 1 aliphatic heterocycles. The lowest BCUT2D eigenvalue weighted by Gasteiger charge is -2.26. The van der Waals surface area contributed by atoms with Crippen LogP contribution in [0.15, 0.2) is 48.5 Å². The van der Waals surface area contributed by atoms with Gasteiger partial charge in [-0.1, -0.05) is 41.9 Å². The number of amides is 1. The van der Waals surface area contributed by atoms with Gasteiger partial charge in [0.1, 0.15) is 0 Å². The maximum atomic E-state index is 12.3. The standard InChI is InChI=1S/C21H25ClN2O2/c22-20-6-2-1-4-18(20)5-3-11-23-21(25)19-9-7-17(8-10-19)16-24-12-14-26-15-13-24/h1-2,4,6-10H,3,5,11-16H2,(H,23,25). The number of nitrogens with one attached hydrogen (secondary N) is 1. The highest BCUT2D eigenvalue weighted by atomic mass is 35.5. The average Bonchev–Trinajstić information content (AvgIpc) is 2.68. The van der Waals surface area contributed by atoms with E-state index in [1.54, 1.807) is 0 Å². The van der Waals surface area contributed by atoms with Crippen molar-refractivity contribution in [2.24, 2.45) is 0 Å². The van der Waals surface area contributed by atoms with E-state index in [1.165, 1.54) is 5.56 Å². The van der Waals surface area contributed by atoms with Crippen LogP contribution in [0.1, 0.15) is 27.9 Å². The summed E-state index contributed by atoms with van der Waals surface area (Å²) in [6.45, 7) is 5.08. The van der Waals surface area contributed by atoms with Crippen LogP contribution in [-0.4, -0.2) is 43.7 Å². The second kappa shape index (κ2) is 9.72. The molecular weight excluding hydrogens is 348 g/mol. The van der Waals surface area contributed by atoms with E-state index < -0.39 is 0 Å². The van der Waals surface area contributed by atoms with Crippen molar-refractivity contribution in [2.45, 2.75) is 19.4 Å². The predicted molar refractivity (Wildman–Crippen MR) is 105 cm³/mol. The zero-order valence-electron chi connectivity index (χ0n) is 14.9. The summed E-state index contributed by atoms with van der Waals surface area (Å²) in [5.74, 6) is -0.0259. The monoisotopic (exact) mass is 372 g/mol. The molecule has 0 unspecified atom stereocenters. The number of benzene rings is 2. The third kappa shape index (κ3) is 5.56. The molecule has 1 saturated heterocycles. The van der Waals surface area contributed by atoms with E-state index in [0.717, 1.165) is 56.3 Å². The Balaban J connectivity index is 1.42. The van der Waals surface area contributed by atoms with Crippen LogP contribution in [-0.2, 0) is 17.7 Å². The first-order chi connectivity index (χ1) is 12.7. The molecule has 0 aliphatic carbocycles. The number of aryl methyl sites for hydroxylation is 1. The molecule has 2 aromatic carbocycles. The van der Waals surface area contributed by atoms with Gasteiger partial charge in [-0.3, -0.25) is 9.69 Å². The van der Waals surface area contributed by atoms with Gasteiger partial charge in [-0.25, -0.2) is 0 Å². The fourth-order valence-electron chi connectivity index (χ4n) is 3.06. The lowest BCUT2D eigenvalue weighted by Crippen LogP contribution is -2.35. The summed E-state index contributed by atoms with van der Waals surface area (Å²) < 4.78 is 5.37. The summed E-state index contributed by atoms with van der Waals surface area (Å²) >= 11 is 6.15. The Kier molecular flexibility index (Phi) is 7.06. The smallest absolute Gasteiger partial charge is 0.251 e. The lowest BCUT2D eigenvalue weighted by atomic mass is 10.1. The number of morpholine rings is 1. The maximum Gasteiger partial charge on any atom is 0.251 e. The van der Waals surface area contributed by atoms with Crippen LogP contribution in [0.5, 0.6) is 0 Å². The Labute approximate surface area is 160 Å². The average molecular weight is 373 g/mol. The number of rotatable bonds is 7. The van der Waals surface area contributed by atoms with Crippen molar-refractivity contribution in [3.8, 4) is 0 Å². The topological polar surface area (TPSA) is 41.6 Å². The number of carbonyl (C=O) groups excluding carboxylic acids is 1. The molecule has 138 valence electrons. The second-order valence-corrected chi connectivity index (χ2v) is 6.94. The van der Waals surface area contributed by atoms with E-state index in [2.05, 4.69) is 10.2 Å². The molecule has 0 aromatic heterocycles. The van der Waals surface area contributed by atoms with Crippen LogP contribution >= 0.6 is 11.6 Å². The molecular formula is C21H25ClN2O2. The van der Waals surface area contributed by atoms with Gasteiger partial charge >= 0.3 is 0 Å². The van der Waals surface area contributed by atoms with Gasteiger partial charge in [0.05, 0.1) is 13.2 Å². The highest BCUT2D eigenvalue weighted by Crippen LogP contribution is 2.16. The van der Waals surface area contributed by atoms with Crippen molar-refractivity contribution >= 4 is 17.5 Å². The van der Waals surface area contributed by atoms with Gasteiger partial charge in [0.25, 0.3) is 5.91 Å². The van der Waals surface area contributed by atoms with Crippen LogP contribution in [0.25, 0.3) is 0 Å². The van der Waals surface area contributed by atoms with Crippen molar-refractivity contribution < 1.29 is 9.53 Å². The Bertz CT molecular complexity index is 712. The number of ether oxygens (including phenoxy) is 1. The molecule has 1 fully saturated rings. The number of hydrogen-bond acceptors (Lipinski definition) is 3. The Morgan fingerprint density at radius 3 is 2.54 bits per heavy atom. The third-order valence-corrected chi connectivity index (χ3v) is 4.96. The minimum Gasteiger partial charge on any atom is -0.379 e. The number of halogens is 1. The quantitative estimate of drug-likeness (QED) is 0.756. The SMILES string of the molecule is O=C(NCCCc1ccccc1Cl)c1ccc(CN2CCOCC2)cc1. The molecule has 4 nitrogen and oxygen atoms in total. The van der Waals surface area contributed by atoms with E-state index in [1.807, 2.05) is 48.5 Å². The third-order valence-electron chi connectivity index (χ3n) is 4.59. The molecule has 1 N–H and O–H groups in total. The summed E-state index contributed by atoms with van der Waals surface area (Å²) in [5.41, 5.74) is 3.05. The maximum absolute atomic E-state index is 12.3.